The number of nitrogens with zero attached hydrogens (tertiary/aromatic N) is 1. The minimum absolute atomic E-state index is 0.0195. The number of fused-ring (bicyclic) bond motifs is 3. The van der Waals surface area contributed by atoms with Crippen LogP contribution in [0.15, 0.2) is 71.6 Å². The van der Waals surface area contributed by atoms with Gasteiger partial charge in [0.15, 0.2) is 0 Å². The summed E-state index contributed by atoms with van der Waals surface area (Å²) in [5.74, 6) is 0.744. The van der Waals surface area contributed by atoms with Crippen LogP contribution in [0.2, 0.25) is 0 Å². The van der Waals surface area contributed by atoms with Gasteiger partial charge < -0.3 is 20.1 Å². The fourth-order valence-electron chi connectivity index (χ4n) is 5.27. The minimum atomic E-state index is -3.52. The summed E-state index contributed by atoms with van der Waals surface area (Å²) in [7, 11) is -3.52. The number of hydrogen-bond donors (Lipinski definition) is 3. The summed E-state index contributed by atoms with van der Waals surface area (Å²) >= 11 is 0. The van der Waals surface area contributed by atoms with Gasteiger partial charge >= 0.3 is 0 Å². The van der Waals surface area contributed by atoms with E-state index in [0.29, 0.717) is 37.4 Å². The Kier molecular flexibility index (Phi) is 8.01. The van der Waals surface area contributed by atoms with E-state index in [9.17, 15) is 13.5 Å². The number of aliphatic hydroxyl groups is 1. The Morgan fingerprint density at radius 3 is 2.44 bits per heavy atom. The number of H-pyrrole nitrogens is 1. The summed E-state index contributed by atoms with van der Waals surface area (Å²) in [6.07, 6.45) is 1.70. The molecule has 1 unspecified atom stereocenters. The van der Waals surface area contributed by atoms with E-state index in [1.807, 2.05) is 48.5 Å². The highest BCUT2D eigenvalue weighted by molar-refractivity contribution is 7.89. The highest BCUT2D eigenvalue weighted by Gasteiger charge is 2.30. The van der Waals surface area contributed by atoms with Crippen molar-refractivity contribution >= 4 is 31.8 Å². The topological polar surface area (TPSA) is 94.7 Å². The molecule has 7 nitrogen and oxygen atoms in total. The van der Waals surface area contributed by atoms with Crippen molar-refractivity contribution in [2.24, 2.45) is 0 Å². The van der Waals surface area contributed by atoms with Crippen LogP contribution < -0.4 is 10.1 Å². The molecule has 3 aromatic carbocycles. The number of hydrogen-bond acceptors (Lipinski definition) is 5. The highest BCUT2D eigenvalue weighted by atomic mass is 32.2. The standard InChI is InChI=1S/C31H39N3O4S/c1-4-31(2,3)22-12-14-25(15-13-22)39(36,37)34-18-16-23(17-19-34)32-20-24(35)21-38-29-11-7-10-28-30(29)26-8-5-6-9-27(26)33-28/h5-15,23-24,32-33,35H,4,16-21H2,1-3H3. The summed E-state index contributed by atoms with van der Waals surface area (Å²) in [6, 6.07) is 21.5. The lowest BCUT2D eigenvalue weighted by molar-refractivity contribution is 0.102. The van der Waals surface area contributed by atoms with Crippen molar-refractivity contribution in [2.75, 3.05) is 26.2 Å². The SMILES string of the molecule is CCC(C)(C)c1ccc(S(=O)(=O)N2CCC(NCC(O)COc3cccc4[nH]c5ccccc5c34)CC2)cc1. The van der Waals surface area contributed by atoms with Crippen molar-refractivity contribution in [3.63, 3.8) is 0 Å². The molecule has 0 amide bonds. The maximum Gasteiger partial charge on any atom is 0.243 e. The van der Waals surface area contributed by atoms with Crippen LogP contribution in [0.3, 0.4) is 0 Å². The molecule has 1 atom stereocenters. The number of aromatic nitrogens is 1. The average Bonchev–Trinajstić information content (AvgIpc) is 3.34. The zero-order chi connectivity index (χ0) is 27.6. The highest BCUT2D eigenvalue weighted by Crippen LogP contribution is 2.33. The Morgan fingerprint density at radius 1 is 1.03 bits per heavy atom. The number of ether oxygens (including phenoxy) is 1. The van der Waals surface area contributed by atoms with E-state index >= 15 is 0 Å². The smallest absolute Gasteiger partial charge is 0.243 e. The average molecular weight is 550 g/mol. The molecule has 0 aliphatic carbocycles. The van der Waals surface area contributed by atoms with Crippen molar-refractivity contribution in [2.45, 2.75) is 62.5 Å². The Bertz CT molecular complexity index is 1520. The zero-order valence-electron chi connectivity index (χ0n) is 23.0. The first-order valence-corrected chi connectivity index (χ1v) is 15.3. The molecule has 0 spiro atoms. The Hall–Kier alpha value is -2.91. The predicted octanol–water partition coefficient (Wildman–Crippen LogP) is 5.19. The number of rotatable bonds is 10. The van der Waals surface area contributed by atoms with Crippen molar-refractivity contribution in [3.8, 4) is 5.75 Å². The molecule has 3 N–H and O–H groups in total. The van der Waals surface area contributed by atoms with Crippen molar-refractivity contribution in [3.05, 3.63) is 72.3 Å². The second-order valence-electron chi connectivity index (χ2n) is 11.2. The van der Waals surface area contributed by atoms with Gasteiger partial charge in [-0.25, -0.2) is 8.42 Å². The third-order valence-electron chi connectivity index (χ3n) is 8.18. The lowest BCUT2D eigenvalue weighted by Crippen LogP contribution is -2.47. The Balaban J connectivity index is 1.12. The maximum atomic E-state index is 13.2. The van der Waals surface area contributed by atoms with E-state index in [1.54, 1.807) is 16.4 Å². The lowest BCUT2D eigenvalue weighted by Gasteiger charge is -2.32. The third kappa shape index (κ3) is 5.84. The van der Waals surface area contributed by atoms with E-state index in [1.165, 1.54) is 0 Å². The van der Waals surface area contributed by atoms with Crippen LogP contribution in [0.5, 0.6) is 5.75 Å². The summed E-state index contributed by atoms with van der Waals surface area (Å²) in [6.45, 7) is 7.94. The van der Waals surface area contributed by atoms with Gasteiger partial charge in [-0.3, -0.25) is 0 Å². The van der Waals surface area contributed by atoms with Gasteiger partial charge in [0.1, 0.15) is 18.5 Å². The third-order valence-corrected chi connectivity index (χ3v) is 10.1. The van der Waals surface area contributed by atoms with E-state index in [0.717, 1.165) is 39.5 Å². The van der Waals surface area contributed by atoms with Gasteiger partial charge in [0.25, 0.3) is 0 Å². The van der Waals surface area contributed by atoms with Gasteiger partial charge in [-0.15, -0.1) is 0 Å². The van der Waals surface area contributed by atoms with Crippen LogP contribution in [0.1, 0.15) is 45.6 Å². The van der Waals surface area contributed by atoms with E-state index in [-0.39, 0.29) is 18.1 Å². The maximum absolute atomic E-state index is 13.2. The zero-order valence-corrected chi connectivity index (χ0v) is 23.8. The number of aromatic amines is 1. The fourth-order valence-corrected chi connectivity index (χ4v) is 6.74. The number of benzene rings is 3. The lowest BCUT2D eigenvalue weighted by atomic mass is 9.82. The van der Waals surface area contributed by atoms with Gasteiger partial charge in [-0.2, -0.15) is 4.31 Å². The molecule has 39 heavy (non-hydrogen) atoms. The summed E-state index contributed by atoms with van der Waals surface area (Å²) in [5.41, 5.74) is 3.22. The molecule has 5 rings (SSSR count). The van der Waals surface area contributed by atoms with Crippen LogP contribution in [0.25, 0.3) is 21.8 Å². The van der Waals surface area contributed by atoms with Gasteiger partial charge in [-0.1, -0.05) is 57.2 Å². The molecule has 1 aliphatic heterocycles. The van der Waals surface area contributed by atoms with Crippen molar-refractivity contribution in [1.82, 2.24) is 14.6 Å². The predicted molar refractivity (Wildman–Crippen MR) is 157 cm³/mol. The quantitative estimate of drug-likeness (QED) is 0.253. The molecule has 1 fully saturated rings. The molecular weight excluding hydrogens is 510 g/mol. The molecule has 1 aromatic heterocycles. The normalized spacial score (nSPS) is 16.6. The van der Waals surface area contributed by atoms with Crippen LogP contribution in [-0.2, 0) is 15.4 Å². The molecule has 1 aliphatic rings. The van der Waals surface area contributed by atoms with E-state index in [4.69, 9.17) is 4.74 Å². The Morgan fingerprint density at radius 2 is 1.72 bits per heavy atom. The van der Waals surface area contributed by atoms with Gasteiger partial charge in [0, 0.05) is 42.0 Å². The van der Waals surface area contributed by atoms with Crippen LogP contribution in [-0.4, -0.2) is 61.2 Å². The number of piperidine rings is 1. The fraction of sp³-hybridized carbons (Fsp3) is 0.419. The summed E-state index contributed by atoms with van der Waals surface area (Å²) in [5, 5.41) is 16.1. The van der Waals surface area contributed by atoms with E-state index in [2.05, 4.69) is 37.1 Å². The van der Waals surface area contributed by atoms with Crippen LogP contribution in [0, 0.1) is 0 Å². The molecule has 0 saturated carbocycles. The van der Waals surface area contributed by atoms with Gasteiger partial charge in [-0.05, 0) is 60.6 Å². The molecule has 208 valence electrons. The first kappa shape index (κ1) is 27.6. The van der Waals surface area contributed by atoms with Crippen LogP contribution in [0.4, 0.5) is 0 Å². The number of aliphatic hydroxyl groups excluding tert-OH is 1. The Labute approximate surface area is 231 Å². The molecule has 2 heterocycles. The second-order valence-corrected chi connectivity index (χ2v) is 13.1. The number of nitrogens with one attached hydrogen (secondary N) is 2. The summed E-state index contributed by atoms with van der Waals surface area (Å²) < 4.78 is 34.0. The first-order valence-electron chi connectivity index (χ1n) is 13.8. The molecule has 1 saturated heterocycles. The van der Waals surface area contributed by atoms with Crippen LogP contribution >= 0.6 is 0 Å². The molecule has 8 heteroatoms. The van der Waals surface area contributed by atoms with Gasteiger partial charge in [0.05, 0.1) is 10.4 Å². The molecular formula is C31H39N3O4S. The largest absolute Gasteiger partial charge is 0.490 e. The minimum Gasteiger partial charge on any atom is -0.490 e. The molecule has 4 aromatic rings. The van der Waals surface area contributed by atoms with Crippen molar-refractivity contribution < 1.29 is 18.3 Å². The second kappa shape index (κ2) is 11.3. The van der Waals surface area contributed by atoms with Gasteiger partial charge in [0.2, 0.25) is 10.0 Å². The van der Waals surface area contributed by atoms with Crippen molar-refractivity contribution in [1.29, 1.82) is 0 Å². The monoisotopic (exact) mass is 549 g/mol. The number of sulfonamides is 1. The number of para-hydroxylation sites is 1. The molecule has 0 bridgehead atoms. The molecule has 0 radical (unpaired) electrons. The first-order chi connectivity index (χ1) is 18.7. The summed E-state index contributed by atoms with van der Waals surface area (Å²) in [4.78, 5) is 3.76. The van der Waals surface area contributed by atoms with E-state index < -0.39 is 16.1 Å².